The first-order valence-electron chi connectivity index (χ1n) is 5.50. The van der Waals surface area contributed by atoms with Crippen molar-refractivity contribution >= 4 is 11.8 Å². The lowest BCUT2D eigenvalue weighted by Crippen LogP contribution is -2.45. The molecule has 18 heavy (non-hydrogen) atoms. The fraction of sp³-hybridized carbons (Fsp3) is 0.462. The third-order valence-corrected chi connectivity index (χ3v) is 3.89. The molecule has 1 heterocycles. The highest BCUT2D eigenvalue weighted by atomic mass is 32.2. The summed E-state index contributed by atoms with van der Waals surface area (Å²) in [5, 5.41) is 9.37. The van der Waals surface area contributed by atoms with Crippen LogP contribution in [0.3, 0.4) is 0 Å². The Kier molecular flexibility index (Phi) is 3.69. The molecule has 0 atom stereocenters. The molecule has 0 aliphatic carbocycles. The zero-order chi connectivity index (χ0) is 13.2. The molecule has 0 amide bonds. The van der Waals surface area contributed by atoms with Crippen molar-refractivity contribution in [1.29, 1.82) is 5.26 Å². The molecule has 5 heteroatoms. The number of nitriles is 1. The normalized spacial score (nSPS) is 16.6. The maximum Gasteiger partial charge on any atom is 0.133 e. The van der Waals surface area contributed by atoms with Crippen molar-refractivity contribution in [3.63, 3.8) is 0 Å². The lowest BCUT2D eigenvalue weighted by atomic mass is 9.79. The maximum atomic E-state index is 9.37. The predicted molar refractivity (Wildman–Crippen MR) is 69.4 cm³/mol. The molecule has 0 saturated carbocycles. The summed E-state index contributed by atoms with van der Waals surface area (Å²) < 4.78 is 15.9. The molecule has 0 bridgehead atoms. The van der Waals surface area contributed by atoms with Gasteiger partial charge in [0.05, 0.1) is 38.4 Å². The average Bonchev–Trinajstić information content (AvgIpc) is 2.37. The summed E-state index contributed by atoms with van der Waals surface area (Å²) in [5.41, 5.74) is 0.239. The molecule has 1 saturated heterocycles. The second kappa shape index (κ2) is 5.09. The average molecular weight is 265 g/mol. The summed E-state index contributed by atoms with van der Waals surface area (Å²) in [5.74, 6) is 1.48. The SMILES string of the molecule is COc1cc(C2(C#N)COC2)c(OC)cc1SC. The maximum absolute atomic E-state index is 9.37. The van der Waals surface area contributed by atoms with Gasteiger partial charge in [-0.25, -0.2) is 0 Å². The van der Waals surface area contributed by atoms with E-state index in [9.17, 15) is 5.26 Å². The highest BCUT2D eigenvalue weighted by Crippen LogP contribution is 2.43. The molecule has 0 spiro atoms. The van der Waals surface area contributed by atoms with E-state index >= 15 is 0 Å². The van der Waals surface area contributed by atoms with Gasteiger partial charge in [0, 0.05) is 5.56 Å². The Morgan fingerprint density at radius 3 is 2.33 bits per heavy atom. The van der Waals surface area contributed by atoms with E-state index in [1.807, 2.05) is 18.4 Å². The van der Waals surface area contributed by atoms with Crippen LogP contribution in [0.1, 0.15) is 5.56 Å². The van der Waals surface area contributed by atoms with Gasteiger partial charge in [-0.15, -0.1) is 11.8 Å². The van der Waals surface area contributed by atoms with Crippen LogP contribution < -0.4 is 9.47 Å². The van der Waals surface area contributed by atoms with E-state index in [4.69, 9.17) is 14.2 Å². The fourth-order valence-electron chi connectivity index (χ4n) is 1.99. The zero-order valence-corrected chi connectivity index (χ0v) is 11.5. The molecular formula is C13H15NO3S. The Balaban J connectivity index is 2.56. The van der Waals surface area contributed by atoms with E-state index in [1.54, 1.807) is 26.0 Å². The second-order valence-corrected chi connectivity index (χ2v) is 4.94. The summed E-state index contributed by atoms with van der Waals surface area (Å²) in [6, 6.07) is 6.13. The monoisotopic (exact) mass is 265 g/mol. The van der Waals surface area contributed by atoms with Crippen LogP contribution in [0.4, 0.5) is 0 Å². The number of rotatable bonds is 4. The van der Waals surface area contributed by atoms with Gasteiger partial charge in [-0.05, 0) is 18.4 Å². The van der Waals surface area contributed by atoms with Crippen LogP contribution in [0, 0.1) is 11.3 Å². The molecule has 0 radical (unpaired) electrons. The Bertz CT molecular complexity index is 492. The van der Waals surface area contributed by atoms with Crippen molar-refractivity contribution < 1.29 is 14.2 Å². The smallest absolute Gasteiger partial charge is 0.133 e. The molecular weight excluding hydrogens is 250 g/mol. The fourth-order valence-corrected chi connectivity index (χ4v) is 2.56. The van der Waals surface area contributed by atoms with Crippen LogP contribution >= 0.6 is 11.8 Å². The first-order valence-corrected chi connectivity index (χ1v) is 6.72. The van der Waals surface area contributed by atoms with Gasteiger partial charge >= 0.3 is 0 Å². The molecule has 1 aromatic rings. The third kappa shape index (κ3) is 1.92. The van der Waals surface area contributed by atoms with Crippen molar-refractivity contribution in [1.82, 2.24) is 0 Å². The van der Waals surface area contributed by atoms with Gasteiger partial charge in [0.2, 0.25) is 0 Å². The van der Waals surface area contributed by atoms with Crippen LogP contribution in [0.2, 0.25) is 0 Å². The van der Waals surface area contributed by atoms with Gasteiger partial charge in [-0.2, -0.15) is 5.26 Å². The first-order chi connectivity index (χ1) is 8.70. The number of hydrogen-bond donors (Lipinski definition) is 0. The highest BCUT2D eigenvalue weighted by molar-refractivity contribution is 7.98. The molecule has 0 unspecified atom stereocenters. The number of ether oxygens (including phenoxy) is 3. The Morgan fingerprint density at radius 1 is 1.28 bits per heavy atom. The van der Waals surface area contributed by atoms with E-state index in [1.165, 1.54) is 0 Å². The Hall–Kier alpha value is -1.38. The molecule has 1 aliphatic heterocycles. The molecule has 1 fully saturated rings. The highest BCUT2D eigenvalue weighted by Gasteiger charge is 2.43. The van der Waals surface area contributed by atoms with Crippen LogP contribution in [0.15, 0.2) is 17.0 Å². The minimum absolute atomic E-state index is 0.404. The van der Waals surface area contributed by atoms with E-state index in [0.717, 1.165) is 16.2 Å². The predicted octanol–water partition coefficient (Wildman–Crippen LogP) is 2.22. The zero-order valence-electron chi connectivity index (χ0n) is 10.6. The summed E-state index contributed by atoms with van der Waals surface area (Å²) in [7, 11) is 3.24. The minimum atomic E-state index is -0.602. The molecule has 1 aliphatic rings. The number of thioether (sulfide) groups is 1. The summed E-state index contributed by atoms with van der Waals surface area (Å²) >= 11 is 1.58. The minimum Gasteiger partial charge on any atom is -0.496 e. The number of benzene rings is 1. The lowest BCUT2D eigenvalue weighted by molar-refractivity contribution is -0.0308. The molecule has 0 aromatic heterocycles. The standard InChI is InChI=1S/C13H15NO3S/c1-15-10-5-12(18-3)11(16-2)4-9(10)13(6-14)7-17-8-13/h4-5H,7-8H2,1-3H3. The van der Waals surface area contributed by atoms with Crippen molar-refractivity contribution in [2.75, 3.05) is 33.7 Å². The molecule has 96 valence electrons. The van der Waals surface area contributed by atoms with Crippen LogP contribution in [-0.2, 0) is 10.2 Å². The number of hydrogen-bond acceptors (Lipinski definition) is 5. The Morgan fingerprint density at radius 2 is 1.94 bits per heavy atom. The van der Waals surface area contributed by atoms with E-state index in [-0.39, 0.29) is 0 Å². The molecule has 1 aromatic carbocycles. The lowest BCUT2D eigenvalue weighted by Gasteiger charge is -2.36. The van der Waals surface area contributed by atoms with E-state index in [2.05, 4.69) is 6.07 Å². The van der Waals surface area contributed by atoms with Gasteiger partial charge in [0.15, 0.2) is 0 Å². The van der Waals surface area contributed by atoms with E-state index < -0.39 is 5.41 Å². The molecule has 4 nitrogen and oxygen atoms in total. The van der Waals surface area contributed by atoms with Gasteiger partial charge in [-0.1, -0.05) is 0 Å². The number of methoxy groups -OCH3 is 2. The van der Waals surface area contributed by atoms with Crippen LogP contribution in [0.25, 0.3) is 0 Å². The van der Waals surface area contributed by atoms with Gasteiger partial charge < -0.3 is 14.2 Å². The van der Waals surface area contributed by atoms with Crippen LogP contribution in [-0.4, -0.2) is 33.7 Å². The van der Waals surface area contributed by atoms with Crippen molar-refractivity contribution in [3.05, 3.63) is 17.7 Å². The van der Waals surface area contributed by atoms with Gasteiger partial charge in [-0.3, -0.25) is 0 Å². The first kappa shape index (κ1) is 13.1. The number of nitrogens with zero attached hydrogens (tertiary/aromatic N) is 1. The summed E-state index contributed by atoms with van der Waals surface area (Å²) in [6.45, 7) is 0.809. The molecule has 2 rings (SSSR count). The summed E-state index contributed by atoms with van der Waals surface area (Å²) in [4.78, 5) is 0.992. The largest absolute Gasteiger partial charge is 0.496 e. The van der Waals surface area contributed by atoms with Gasteiger partial charge in [0.1, 0.15) is 16.9 Å². The Labute approximate surface area is 111 Å². The van der Waals surface area contributed by atoms with Crippen molar-refractivity contribution in [2.45, 2.75) is 10.3 Å². The van der Waals surface area contributed by atoms with Crippen molar-refractivity contribution in [3.8, 4) is 17.6 Å². The van der Waals surface area contributed by atoms with E-state index in [0.29, 0.717) is 19.0 Å². The topological polar surface area (TPSA) is 51.5 Å². The van der Waals surface area contributed by atoms with Crippen molar-refractivity contribution in [2.24, 2.45) is 0 Å². The molecule has 0 N–H and O–H groups in total. The second-order valence-electron chi connectivity index (χ2n) is 4.09. The van der Waals surface area contributed by atoms with Gasteiger partial charge in [0.25, 0.3) is 0 Å². The quantitative estimate of drug-likeness (QED) is 0.781. The summed E-state index contributed by atoms with van der Waals surface area (Å²) in [6.07, 6.45) is 1.98. The van der Waals surface area contributed by atoms with Crippen LogP contribution in [0.5, 0.6) is 11.5 Å². The third-order valence-electron chi connectivity index (χ3n) is 3.13.